The third-order valence-corrected chi connectivity index (χ3v) is 10.0. The highest BCUT2D eigenvalue weighted by atomic mass is 16.5. The summed E-state index contributed by atoms with van der Waals surface area (Å²) in [5.74, 6) is 2.68. The number of nitrogens with zero attached hydrogens (tertiary/aromatic N) is 2. The average Bonchev–Trinajstić information content (AvgIpc) is 3.15. The van der Waals surface area contributed by atoms with Gasteiger partial charge < -0.3 is 9.64 Å². The van der Waals surface area contributed by atoms with E-state index in [0.29, 0.717) is 23.8 Å². The monoisotopic (exact) mass is 436 g/mol. The second kappa shape index (κ2) is 7.88. The molecule has 1 amide bonds. The number of fused-ring (bicyclic) bond motifs is 5. The molecule has 174 valence electrons. The van der Waals surface area contributed by atoms with Crippen molar-refractivity contribution in [3.63, 3.8) is 0 Å². The predicted octanol–water partition coefficient (Wildman–Crippen LogP) is 6.67. The number of pyridine rings is 1. The summed E-state index contributed by atoms with van der Waals surface area (Å²) in [6, 6.07) is 2.73. The van der Waals surface area contributed by atoms with Crippen LogP contribution in [0.1, 0.15) is 89.7 Å². The van der Waals surface area contributed by atoms with Crippen LogP contribution in [0.25, 0.3) is 5.57 Å². The van der Waals surface area contributed by atoms with Gasteiger partial charge in [-0.25, -0.2) is 4.79 Å². The molecule has 1 aromatic heterocycles. The Bertz CT molecular complexity index is 924. The number of carbonyl (C=O) groups excluding carboxylic acids is 1. The van der Waals surface area contributed by atoms with E-state index in [4.69, 9.17) is 4.74 Å². The molecular formula is C28H40N2O2. The molecule has 6 unspecified atom stereocenters. The number of hydrogen-bond acceptors (Lipinski definition) is 3. The molecular weight excluding hydrogens is 396 g/mol. The van der Waals surface area contributed by atoms with Crippen LogP contribution in [0.4, 0.5) is 4.79 Å². The van der Waals surface area contributed by atoms with Crippen LogP contribution < -0.4 is 0 Å². The minimum absolute atomic E-state index is 0.123. The van der Waals surface area contributed by atoms with Gasteiger partial charge in [0, 0.05) is 25.0 Å². The van der Waals surface area contributed by atoms with Gasteiger partial charge in [-0.3, -0.25) is 4.98 Å². The van der Waals surface area contributed by atoms with Gasteiger partial charge in [0.15, 0.2) is 0 Å². The Kier molecular flexibility index (Phi) is 5.41. The Balaban J connectivity index is 1.42. The fourth-order valence-electron chi connectivity index (χ4n) is 8.36. The summed E-state index contributed by atoms with van der Waals surface area (Å²) in [6.45, 7) is 10.4. The Morgan fingerprint density at radius 3 is 2.72 bits per heavy atom. The standard InChI is InChI=1S/C28H40N2O2/c1-18(2)19-15-20(17-29-16-19)22-8-9-23-21-7-10-25-28(4,24(21)11-13-27(22,23)3)12-6-14-30(25)26(31)32-5/h8,15-18,21,23-25H,6-7,9-14H2,1-5H3. The zero-order valence-corrected chi connectivity index (χ0v) is 20.6. The fraction of sp³-hybridized carbons (Fsp3) is 0.714. The van der Waals surface area contributed by atoms with E-state index < -0.39 is 0 Å². The first-order valence-corrected chi connectivity index (χ1v) is 12.8. The highest BCUT2D eigenvalue weighted by molar-refractivity contribution is 5.73. The molecule has 1 saturated heterocycles. The number of aromatic nitrogens is 1. The number of amides is 1. The van der Waals surface area contributed by atoms with Crippen LogP contribution in [0.3, 0.4) is 0 Å². The van der Waals surface area contributed by atoms with Crippen LogP contribution in [0.5, 0.6) is 0 Å². The minimum atomic E-state index is -0.123. The van der Waals surface area contributed by atoms with E-state index in [-0.39, 0.29) is 16.9 Å². The molecule has 6 atom stereocenters. The number of methoxy groups -OCH3 is 1. The summed E-state index contributed by atoms with van der Waals surface area (Å²) in [6.07, 6.45) is 15.0. The Labute approximate surface area is 193 Å². The maximum Gasteiger partial charge on any atom is 0.409 e. The van der Waals surface area contributed by atoms with Gasteiger partial charge in [0.05, 0.1) is 7.11 Å². The normalized spacial score (nSPS) is 38.6. The van der Waals surface area contributed by atoms with E-state index >= 15 is 0 Å². The molecule has 0 aromatic carbocycles. The number of ether oxygens (including phenoxy) is 1. The number of carbonyl (C=O) groups is 1. The maximum atomic E-state index is 12.5. The SMILES string of the molecule is COC(=O)N1CCCC2(C)C3CCC4(C)C(c5cncc(C(C)C)c5)=CCC4C3CCC12. The zero-order chi connectivity index (χ0) is 22.7. The minimum Gasteiger partial charge on any atom is -0.453 e. The van der Waals surface area contributed by atoms with Crippen molar-refractivity contribution in [2.45, 2.75) is 84.6 Å². The van der Waals surface area contributed by atoms with E-state index in [1.165, 1.54) is 50.3 Å². The van der Waals surface area contributed by atoms with Gasteiger partial charge in [0.1, 0.15) is 0 Å². The number of hydrogen-bond donors (Lipinski definition) is 0. The molecule has 32 heavy (non-hydrogen) atoms. The van der Waals surface area contributed by atoms with Crippen molar-refractivity contribution in [1.29, 1.82) is 0 Å². The van der Waals surface area contributed by atoms with Crippen LogP contribution in [0.15, 0.2) is 24.5 Å². The molecule has 4 aliphatic rings. The number of piperidine rings is 1. The van der Waals surface area contributed by atoms with Gasteiger partial charge in [-0.2, -0.15) is 0 Å². The summed E-state index contributed by atoms with van der Waals surface area (Å²) >= 11 is 0. The quantitative estimate of drug-likeness (QED) is 0.520. The fourth-order valence-corrected chi connectivity index (χ4v) is 8.36. The van der Waals surface area contributed by atoms with E-state index in [9.17, 15) is 4.79 Å². The first-order chi connectivity index (χ1) is 15.3. The lowest BCUT2D eigenvalue weighted by Gasteiger charge is -2.62. The van der Waals surface area contributed by atoms with Crippen molar-refractivity contribution in [2.75, 3.05) is 13.7 Å². The van der Waals surface area contributed by atoms with Crippen molar-refractivity contribution in [2.24, 2.45) is 28.6 Å². The summed E-state index contributed by atoms with van der Waals surface area (Å²) in [5, 5.41) is 0. The van der Waals surface area contributed by atoms with Gasteiger partial charge in [-0.05, 0) is 102 Å². The van der Waals surface area contributed by atoms with E-state index in [1.54, 1.807) is 5.57 Å². The van der Waals surface area contributed by atoms with Gasteiger partial charge >= 0.3 is 6.09 Å². The molecule has 4 heteroatoms. The summed E-state index contributed by atoms with van der Waals surface area (Å²) < 4.78 is 5.17. The molecule has 0 N–H and O–H groups in total. The van der Waals surface area contributed by atoms with Gasteiger partial charge in [-0.1, -0.05) is 33.8 Å². The van der Waals surface area contributed by atoms with Gasteiger partial charge in [-0.15, -0.1) is 0 Å². The first-order valence-electron chi connectivity index (χ1n) is 12.8. The lowest BCUT2D eigenvalue weighted by molar-refractivity contribution is -0.109. The van der Waals surface area contributed by atoms with Crippen molar-refractivity contribution < 1.29 is 9.53 Å². The molecule has 5 rings (SSSR count). The molecule has 0 spiro atoms. The van der Waals surface area contributed by atoms with Crippen LogP contribution >= 0.6 is 0 Å². The molecule has 2 saturated carbocycles. The molecule has 3 aliphatic carbocycles. The van der Waals surface area contributed by atoms with Crippen molar-refractivity contribution in [3.05, 3.63) is 35.7 Å². The smallest absolute Gasteiger partial charge is 0.409 e. The summed E-state index contributed by atoms with van der Waals surface area (Å²) in [5.41, 5.74) is 4.69. The lowest BCUT2D eigenvalue weighted by atomic mass is 9.46. The predicted molar refractivity (Wildman–Crippen MR) is 128 cm³/mol. The molecule has 2 heterocycles. The van der Waals surface area contributed by atoms with Gasteiger partial charge in [0.25, 0.3) is 0 Å². The number of allylic oxidation sites excluding steroid dienone is 2. The highest BCUT2D eigenvalue weighted by Crippen LogP contribution is 2.66. The van der Waals surface area contributed by atoms with E-state index in [2.05, 4.69) is 55.9 Å². The van der Waals surface area contributed by atoms with Gasteiger partial charge in [0.2, 0.25) is 0 Å². The topological polar surface area (TPSA) is 42.4 Å². The first kappa shape index (κ1) is 22.0. The molecule has 1 aromatic rings. The lowest BCUT2D eigenvalue weighted by Crippen LogP contribution is -2.61. The Hall–Kier alpha value is -1.84. The Morgan fingerprint density at radius 2 is 1.97 bits per heavy atom. The van der Waals surface area contributed by atoms with Crippen molar-refractivity contribution in [3.8, 4) is 0 Å². The van der Waals surface area contributed by atoms with Crippen molar-refractivity contribution in [1.82, 2.24) is 9.88 Å². The average molecular weight is 437 g/mol. The number of likely N-dealkylation sites (tertiary alicyclic amines) is 1. The molecule has 4 nitrogen and oxygen atoms in total. The Morgan fingerprint density at radius 1 is 1.16 bits per heavy atom. The second-order valence-electron chi connectivity index (χ2n) is 11.7. The molecule has 3 fully saturated rings. The third-order valence-electron chi connectivity index (χ3n) is 10.0. The van der Waals surface area contributed by atoms with Crippen LogP contribution in [0.2, 0.25) is 0 Å². The number of rotatable bonds is 2. The zero-order valence-electron chi connectivity index (χ0n) is 20.6. The molecule has 0 radical (unpaired) electrons. The summed E-state index contributed by atoms with van der Waals surface area (Å²) in [7, 11) is 1.53. The largest absolute Gasteiger partial charge is 0.453 e. The van der Waals surface area contributed by atoms with Crippen LogP contribution in [-0.2, 0) is 4.74 Å². The highest BCUT2D eigenvalue weighted by Gasteiger charge is 2.59. The third kappa shape index (κ3) is 3.15. The van der Waals surface area contributed by atoms with Crippen molar-refractivity contribution >= 4 is 11.7 Å². The maximum absolute atomic E-state index is 12.5. The molecule has 0 bridgehead atoms. The van der Waals surface area contributed by atoms with Crippen LogP contribution in [-0.4, -0.2) is 35.7 Å². The van der Waals surface area contributed by atoms with E-state index in [0.717, 1.165) is 25.3 Å². The molecule has 1 aliphatic heterocycles. The van der Waals surface area contributed by atoms with E-state index in [1.807, 2.05) is 6.20 Å². The second-order valence-corrected chi connectivity index (χ2v) is 11.7. The van der Waals surface area contributed by atoms with Crippen LogP contribution in [0, 0.1) is 28.6 Å². The summed E-state index contributed by atoms with van der Waals surface area (Å²) in [4.78, 5) is 19.2.